The van der Waals surface area contributed by atoms with Crippen molar-refractivity contribution in [3.63, 3.8) is 0 Å². The lowest BCUT2D eigenvalue weighted by Crippen LogP contribution is -2.44. The Labute approximate surface area is 119 Å². The van der Waals surface area contributed by atoms with E-state index in [4.69, 9.17) is 11.0 Å². The topological polar surface area (TPSA) is 83.0 Å². The Morgan fingerprint density at radius 2 is 2.35 bits per heavy atom. The number of carbonyl (C=O) groups excluding carboxylic acids is 1. The molecule has 1 aromatic rings. The van der Waals surface area contributed by atoms with Crippen LogP contribution in [0.15, 0.2) is 18.3 Å². The third-order valence-corrected chi connectivity index (χ3v) is 4.04. The van der Waals surface area contributed by atoms with Crippen LogP contribution in [0.4, 0.5) is 0 Å². The van der Waals surface area contributed by atoms with Crippen LogP contribution >= 0.6 is 0 Å². The highest BCUT2D eigenvalue weighted by Crippen LogP contribution is 2.29. The van der Waals surface area contributed by atoms with E-state index < -0.39 is 0 Å². The second-order valence-electron chi connectivity index (χ2n) is 5.13. The van der Waals surface area contributed by atoms with E-state index >= 15 is 0 Å². The van der Waals surface area contributed by atoms with E-state index in [0.29, 0.717) is 30.3 Å². The minimum absolute atomic E-state index is 0.0673. The molecule has 5 nitrogen and oxygen atoms in total. The number of rotatable bonds is 4. The normalized spacial score (nSPS) is 21.4. The summed E-state index contributed by atoms with van der Waals surface area (Å²) in [6, 6.07) is 5.47. The van der Waals surface area contributed by atoms with Crippen LogP contribution in [0.2, 0.25) is 0 Å². The molecule has 1 amide bonds. The molecule has 0 spiro atoms. The van der Waals surface area contributed by atoms with E-state index in [9.17, 15) is 4.79 Å². The highest BCUT2D eigenvalue weighted by molar-refractivity contribution is 5.92. The maximum atomic E-state index is 12.6. The quantitative estimate of drug-likeness (QED) is 0.901. The molecule has 2 atom stereocenters. The van der Waals surface area contributed by atoms with E-state index in [2.05, 4.69) is 4.98 Å². The number of hydrogen-bond acceptors (Lipinski definition) is 4. The zero-order valence-corrected chi connectivity index (χ0v) is 11.7. The van der Waals surface area contributed by atoms with Crippen LogP contribution in [-0.2, 0) is 0 Å². The molecule has 1 saturated carbocycles. The summed E-state index contributed by atoms with van der Waals surface area (Å²) in [5.74, 6) is 0.319. The Morgan fingerprint density at radius 1 is 1.55 bits per heavy atom. The van der Waals surface area contributed by atoms with Gasteiger partial charge in [0.2, 0.25) is 0 Å². The number of amides is 1. The highest BCUT2D eigenvalue weighted by Gasteiger charge is 2.33. The number of aromatic nitrogens is 1. The van der Waals surface area contributed by atoms with Gasteiger partial charge in [-0.25, -0.2) is 4.98 Å². The van der Waals surface area contributed by atoms with Gasteiger partial charge >= 0.3 is 0 Å². The van der Waals surface area contributed by atoms with Gasteiger partial charge in [-0.05, 0) is 44.4 Å². The van der Waals surface area contributed by atoms with E-state index in [-0.39, 0.29) is 11.9 Å². The van der Waals surface area contributed by atoms with Crippen LogP contribution in [0.5, 0.6) is 0 Å². The summed E-state index contributed by atoms with van der Waals surface area (Å²) in [6.45, 7) is 3.25. The Kier molecular flexibility index (Phi) is 4.70. The molecule has 2 rings (SSSR count). The lowest BCUT2D eigenvalue weighted by Gasteiger charge is -2.31. The predicted octanol–water partition coefficient (Wildman–Crippen LogP) is 1.54. The largest absolute Gasteiger partial charge is 0.334 e. The van der Waals surface area contributed by atoms with Gasteiger partial charge in [-0.1, -0.05) is 6.42 Å². The fraction of sp³-hybridized carbons (Fsp3) is 0.533. The summed E-state index contributed by atoms with van der Waals surface area (Å²) in [5, 5.41) is 8.76. The van der Waals surface area contributed by atoms with Crippen molar-refractivity contribution in [2.24, 2.45) is 11.7 Å². The molecule has 2 N–H and O–H groups in total. The summed E-state index contributed by atoms with van der Waals surface area (Å²) in [4.78, 5) is 18.5. The molecule has 1 heterocycles. The maximum absolute atomic E-state index is 12.6. The zero-order chi connectivity index (χ0) is 14.5. The van der Waals surface area contributed by atoms with Crippen molar-refractivity contribution >= 4 is 5.91 Å². The van der Waals surface area contributed by atoms with Crippen molar-refractivity contribution in [3.05, 3.63) is 29.6 Å². The smallest absolute Gasteiger partial charge is 0.272 e. The lowest BCUT2D eigenvalue weighted by atomic mass is 10.0. The number of pyridine rings is 1. The van der Waals surface area contributed by atoms with Gasteiger partial charge < -0.3 is 10.6 Å². The number of nitrogens with zero attached hydrogens (tertiary/aromatic N) is 3. The van der Waals surface area contributed by atoms with Crippen LogP contribution < -0.4 is 5.73 Å². The SMILES string of the molecule is CCN(C(=O)c1ccc(C#N)cn1)C1CCCC1CN. The Balaban J connectivity index is 2.18. The van der Waals surface area contributed by atoms with Crippen molar-refractivity contribution in [1.29, 1.82) is 5.26 Å². The van der Waals surface area contributed by atoms with Gasteiger partial charge in [-0.3, -0.25) is 4.79 Å². The van der Waals surface area contributed by atoms with E-state index in [1.165, 1.54) is 6.20 Å². The van der Waals surface area contributed by atoms with Gasteiger partial charge in [0.05, 0.1) is 5.56 Å². The van der Waals surface area contributed by atoms with Gasteiger partial charge in [-0.2, -0.15) is 5.26 Å². The minimum atomic E-state index is -0.0673. The first-order valence-corrected chi connectivity index (χ1v) is 7.08. The second kappa shape index (κ2) is 6.49. The van der Waals surface area contributed by atoms with Crippen LogP contribution in [-0.4, -0.2) is 34.9 Å². The minimum Gasteiger partial charge on any atom is -0.334 e. The monoisotopic (exact) mass is 272 g/mol. The molecule has 106 valence electrons. The van der Waals surface area contributed by atoms with Gasteiger partial charge in [-0.15, -0.1) is 0 Å². The average molecular weight is 272 g/mol. The third-order valence-electron chi connectivity index (χ3n) is 4.04. The summed E-state index contributed by atoms with van der Waals surface area (Å²) in [5.41, 5.74) is 6.66. The molecule has 1 aliphatic rings. The first-order chi connectivity index (χ1) is 9.71. The fourth-order valence-corrected chi connectivity index (χ4v) is 2.96. The van der Waals surface area contributed by atoms with Crippen molar-refractivity contribution in [2.75, 3.05) is 13.1 Å². The number of nitrogens with two attached hydrogens (primary N) is 1. The van der Waals surface area contributed by atoms with Crippen LogP contribution in [0.3, 0.4) is 0 Å². The first kappa shape index (κ1) is 14.5. The molecule has 1 fully saturated rings. The standard InChI is InChI=1S/C15H20N4O/c1-2-19(14-5-3-4-12(14)9-17)15(20)13-7-6-11(8-16)10-18-13/h6-7,10,12,14H,2-5,9,17H2,1H3. The molecule has 20 heavy (non-hydrogen) atoms. The Bertz CT molecular complexity index is 506. The van der Waals surface area contributed by atoms with Crippen molar-refractivity contribution in [3.8, 4) is 6.07 Å². The van der Waals surface area contributed by atoms with E-state index in [1.54, 1.807) is 12.1 Å². The van der Waals surface area contributed by atoms with Crippen LogP contribution in [0, 0.1) is 17.2 Å². The van der Waals surface area contributed by atoms with Crippen molar-refractivity contribution < 1.29 is 4.79 Å². The summed E-state index contributed by atoms with van der Waals surface area (Å²) in [6.07, 6.45) is 4.66. The van der Waals surface area contributed by atoms with Crippen molar-refractivity contribution in [2.45, 2.75) is 32.2 Å². The Morgan fingerprint density at radius 3 is 2.90 bits per heavy atom. The molecule has 0 radical (unpaired) electrons. The molecule has 1 aliphatic carbocycles. The predicted molar refractivity (Wildman–Crippen MR) is 75.8 cm³/mol. The number of carbonyl (C=O) groups is 1. The lowest BCUT2D eigenvalue weighted by molar-refractivity contribution is 0.0646. The van der Waals surface area contributed by atoms with Gasteiger partial charge in [0.25, 0.3) is 5.91 Å². The molecular weight excluding hydrogens is 252 g/mol. The Hall–Kier alpha value is -1.93. The molecule has 5 heteroatoms. The van der Waals surface area contributed by atoms with E-state index in [1.807, 2.05) is 17.9 Å². The molecule has 1 aromatic heterocycles. The fourth-order valence-electron chi connectivity index (χ4n) is 2.96. The van der Waals surface area contributed by atoms with Gasteiger partial charge in [0, 0.05) is 18.8 Å². The molecule has 0 aliphatic heterocycles. The highest BCUT2D eigenvalue weighted by atomic mass is 16.2. The third kappa shape index (κ3) is 2.81. The molecule has 2 unspecified atom stereocenters. The molecule has 0 aromatic carbocycles. The zero-order valence-electron chi connectivity index (χ0n) is 11.7. The first-order valence-electron chi connectivity index (χ1n) is 7.08. The number of nitriles is 1. The summed E-state index contributed by atoms with van der Waals surface area (Å²) in [7, 11) is 0. The summed E-state index contributed by atoms with van der Waals surface area (Å²) >= 11 is 0. The van der Waals surface area contributed by atoms with Crippen LogP contribution in [0.1, 0.15) is 42.2 Å². The molecular formula is C15H20N4O. The maximum Gasteiger partial charge on any atom is 0.272 e. The molecule has 0 bridgehead atoms. The van der Waals surface area contributed by atoms with Crippen LogP contribution in [0.25, 0.3) is 0 Å². The molecule has 0 saturated heterocycles. The van der Waals surface area contributed by atoms with Gasteiger partial charge in [0.15, 0.2) is 0 Å². The van der Waals surface area contributed by atoms with E-state index in [0.717, 1.165) is 19.3 Å². The average Bonchev–Trinajstić information content (AvgIpc) is 2.96. The number of hydrogen-bond donors (Lipinski definition) is 1. The van der Waals surface area contributed by atoms with Crippen molar-refractivity contribution in [1.82, 2.24) is 9.88 Å². The second-order valence-corrected chi connectivity index (χ2v) is 5.13. The summed E-state index contributed by atoms with van der Waals surface area (Å²) < 4.78 is 0. The van der Waals surface area contributed by atoms with Gasteiger partial charge in [0.1, 0.15) is 11.8 Å².